The van der Waals surface area contributed by atoms with Crippen LogP contribution in [0.2, 0.25) is 0 Å². The number of hydrogen-bond acceptors (Lipinski definition) is 4. The Balaban J connectivity index is 1.66. The van der Waals surface area contributed by atoms with E-state index in [9.17, 15) is 0 Å². The molecule has 0 aliphatic rings. The van der Waals surface area contributed by atoms with Gasteiger partial charge in [-0.2, -0.15) is 0 Å². The fourth-order valence-electron chi connectivity index (χ4n) is 2.12. The lowest BCUT2D eigenvalue weighted by molar-refractivity contribution is 0.305. The number of hydrogen-bond donors (Lipinski definition) is 1. The van der Waals surface area contributed by atoms with Crippen molar-refractivity contribution in [3.8, 4) is 17.4 Å². The predicted molar refractivity (Wildman–Crippen MR) is 97.4 cm³/mol. The van der Waals surface area contributed by atoms with Gasteiger partial charge in [-0.15, -0.1) is 0 Å². The van der Waals surface area contributed by atoms with Crippen LogP contribution in [0.3, 0.4) is 0 Å². The molecule has 0 aliphatic carbocycles. The van der Waals surface area contributed by atoms with Gasteiger partial charge in [0.2, 0.25) is 5.88 Å². The van der Waals surface area contributed by atoms with Gasteiger partial charge in [0.05, 0.1) is 5.56 Å². The van der Waals surface area contributed by atoms with Gasteiger partial charge in [-0.25, -0.2) is 4.98 Å². The molecule has 2 aromatic carbocycles. The second kappa shape index (κ2) is 7.57. The molecule has 3 rings (SSSR count). The zero-order valence-electron chi connectivity index (χ0n) is 12.9. The molecule has 0 aliphatic heterocycles. The maximum absolute atomic E-state index is 5.75. The molecule has 3 aromatic rings. The maximum Gasteiger partial charge on any atom is 0.229 e. The second-order valence-electron chi connectivity index (χ2n) is 5.07. The van der Waals surface area contributed by atoms with Crippen molar-refractivity contribution in [1.29, 1.82) is 0 Å². The summed E-state index contributed by atoms with van der Waals surface area (Å²) in [6, 6.07) is 20.9. The molecular weight excluding hydrogens is 320 g/mol. The molecule has 1 heterocycles. The largest absolute Gasteiger partial charge is 0.489 e. The van der Waals surface area contributed by atoms with Crippen LogP contribution in [0.5, 0.6) is 17.4 Å². The van der Waals surface area contributed by atoms with Gasteiger partial charge in [-0.1, -0.05) is 42.5 Å². The Hall–Kier alpha value is -2.92. The Morgan fingerprint density at radius 1 is 0.917 bits per heavy atom. The van der Waals surface area contributed by atoms with Gasteiger partial charge >= 0.3 is 0 Å². The molecule has 0 saturated carbocycles. The van der Waals surface area contributed by atoms with Crippen molar-refractivity contribution in [3.63, 3.8) is 0 Å². The molecular formula is C19H16N2O2S. The van der Waals surface area contributed by atoms with E-state index in [1.54, 1.807) is 18.3 Å². The Labute approximate surface area is 145 Å². The van der Waals surface area contributed by atoms with E-state index in [1.807, 2.05) is 54.6 Å². The first-order valence-electron chi connectivity index (χ1n) is 7.42. The average molecular weight is 336 g/mol. The molecule has 0 atom stereocenters. The minimum absolute atomic E-state index is 0.251. The summed E-state index contributed by atoms with van der Waals surface area (Å²) in [4.78, 5) is 4.42. The van der Waals surface area contributed by atoms with Crippen LogP contribution in [0, 0.1) is 0 Å². The molecule has 0 amide bonds. The number of nitrogens with zero attached hydrogens (tertiary/aromatic N) is 1. The van der Waals surface area contributed by atoms with E-state index >= 15 is 0 Å². The molecule has 0 spiro atoms. The molecule has 0 radical (unpaired) electrons. The minimum Gasteiger partial charge on any atom is -0.489 e. The molecule has 120 valence electrons. The Kier molecular flexibility index (Phi) is 5.03. The van der Waals surface area contributed by atoms with Crippen LogP contribution in [-0.4, -0.2) is 9.97 Å². The van der Waals surface area contributed by atoms with Crippen molar-refractivity contribution in [2.24, 2.45) is 5.73 Å². The molecule has 0 saturated heterocycles. The lowest BCUT2D eigenvalue weighted by Crippen LogP contribution is -2.11. The van der Waals surface area contributed by atoms with Crippen molar-refractivity contribution in [3.05, 3.63) is 84.1 Å². The summed E-state index contributed by atoms with van der Waals surface area (Å²) in [5.74, 6) is 1.79. The first kappa shape index (κ1) is 16.0. The predicted octanol–water partition coefficient (Wildman–Crippen LogP) is 4.09. The van der Waals surface area contributed by atoms with Crippen molar-refractivity contribution < 1.29 is 9.47 Å². The number of benzene rings is 2. The SMILES string of the molecule is NC(=S)c1cccnc1Oc1ccc(OCc2ccccc2)cc1. The van der Waals surface area contributed by atoms with Gasteiger partial charge in [0.15, 0.2) is 0 Å². The van der Waals surface area contributed by atoms with Crippen LogP contribution in [0.15, 0.2) is 72.9 Å². The van der Waals surface area contributed by atoms with Crippen LogP contribution in [-0.2, 0) is 6.61 Å². The van der Waals surface area contributed by atoms with E-state index < -0.39 is 0 Å². The van der Waals surface area contributed by atoms with Crippen LogP contribution < -0.4 is 15.2 Å². The summed E-state index contributed by atoms with van der Waals surface area (Å²) in [5, 5.41) is 0. The van der Waals surface area contributed by atoms with E-state index in [0.29, 0.717) is 23.8 Å². The van der Waals surface area contributed by atoms with Crippen molar-refractivity contribution >= 4 is 17.2 Å². The van der Waals surface area contributed by atoms with Gasteiger partial charge in [-0.05, 0) is 42.0 Å². The van der Waals surface area contributed by atoms with Crippen molar-refractivity contribution in [2.45, 2.75) is 6.61 Å². The molecule has 2 N–H and O–H groups in total. The molecule has 5 heteroatoms. The highest BCUT2D eigenvalue weighted by Gasteiger charge is 2.08. The van der Waals surface area contributed by atoms with Crippen molar-refractivity contribution in [1.82, 2.24) is 4.98 Å². The van der Waals surface area contributed by atoms with E-state index in [-0.39, 0.29) is 4.99 Å². The van der Waals surface area contributed by atoms with E-state index in [4.69, 9.17) is 27.4 Å². The number of pyridine rings is 1. The zero-order chi connectivity index (χ0) is 16.8. The second-order valence-corrected chi connectivity index (χ2v) is 5.51. The third-order valence-corrected chi connectivity index (χ3v) is 3.54. The summed E-state index contributed by atoms with van der Waals surface area (Å²) < 4.78 is 11.5. The molecule has 0 unspecified atom stereocenters. The lowest BCUT2D eigenvalue weighted by Gasteiger charge is -2.10. The fraction of sp³-hybridized carbons (Fsp3) is 0.0526. The summed E-state index contributed by atoms with van der Waals surface area (Å²) in [5.41, 5.74) is 7.40. The average Bonchev–Trinajstić information content (AvgIpc) is 2.62. The highest BCUT2D eigenvalue weighted by molar-refractivity contribution is 7.80. The topological polar surface area (TPSA) is 57.4 Å². The Morgan fingerprint density at radius 3 is 2.33 bits per heavy atom. The first-order chi connectivity index (χ1) is 11.7. The lowest BCUT2D eigenvalue weighted by atomic mass is 10.2. The Bertz CT molecular complexity index is 820. The Morgan fingerprint density at radius 2 is 1.62 bits per heavy atom. The van der Waals surface area contributed by atoms with Crippen LogP contribution in [0.1, 0.15) is 11.1 Å². The van der Waals surface area contributed by atoms with Gasteiger partial charge < -0.3 is 15.2 Å². The normalized spacial score (nSPS) is 10.2. The van der Waals surface area contributed by atoms with E-state index in [0.717, 1.165) is 11.3 Å². The van der Waals surface area contributed by atoms with Crippen LogP contribution in [0.25, 0.3) is 0 Å². The standard InChI is InChI=1S/C19H16N2O2S/c20-18(24)17-7-4-12-21-19(17)23-16-10-8-15(9-11-16)22-13-14-5-2-1-3-6-14/h1-12H,13H2,(H2,20,24). The smallest absolute Gasteiger partial charge is 0.229 e. The van der Waals surface area contributed by atoms with Crippen LogP contribution in [0.4, 0.5) is 0 Å². The number of ether oxygens (including phenoxy) is 2. The summed E-state index contributed by atoms with van der Waals surface area (Å²) in [6.45, 7) is 0.521. The third-order valence-electron chi connectivity index (χ3n) is 3.32. The van der Waals surface area contributed by atoms with Gasteiger partial charge in [0.1, 0.15) is 23.1 Å². The molecule has 0 bridgehead atoms. The minimum atomic E-state index is 0.251. The highest BCUT2D eigenvalue weighted by atomic mass is 32.1. The van der Waals surface area contributed by atoms with E-state index in [2.05, 4.69) is 4.98 Å². The van der Waals surface area contributed by atoms with Crippen LogP contribution >= 0.6 is 12.2 Å². The molecule has 24 heavy (non-hydrogen) atoms. The summed E-state index contributed by atoms with van der Waals surface area (Å²) in [6.07, 6.45) is 1.63. The van der Waals surface area contributed by atoms with Crippen molar-refractivity contribution in [2.75, 3.05) is 0 Å². The zero-order valence-corrected chi connectivity index (χ0v) is 13.7. The monoisotopic (exact) mass is 336 g/mol. The highest BCUT2D eigenvalue weighted by Crippen LogP contribution is 2.25. The molecule has 1 aromatic heterocycles. The van der Waals surface area contributed by atoms with Gasteiger partial charge in [-0.3, -0.25) is 0 Å². The van der Waals surface area contributed by atoms with Gasteiger partial charge in [0, 0.05) is 6.20 Å². The first-order valence-corrected chi connectivity index (χ1v) is 7.82. The third kappa shape index (κ3) is 4.08. The number of thiocarbonyl (C=S) groups is 1. The quantitative estimate of drug-likeness (QED) is 0.687. The van der Waals surface area contributed by atoms with Gasteiger partial charge in [0.25, 0.3) is 0 Å². The van der Waals surface area contributed by atoms with E-state index in [1.165, 1.54) is 0 Å². The number of nitrogens with two attached hydrogens (primary N) is 1. The maximum atomic E-state index is 5.75. The summed E-state index contributed by atoms with van der Waals surface area (Å²) in [7, 11) is 0. The summed E-state index contributed by atoms with van der Waals surface area (Å²) >= 11 is 5.01. The molecule has 4 nitrogen and oxygen atoms in total. The molecule has 0 fully saturated rings. The number of aromatic nitrogens is 1. The number of rotatable bonds is 6. The fourth-order valence-corrected chi connectivity index (χ4v) is 2.27.